The zero-order valence-corrected chi connectivity index (χ0v) is 24.0. The van der Waals surface area contributed by atoms with E-state index in [0.29, 0.717) is 0 Å². The summed E-state index contributed by atoms with van der Waals surface area (Å²) in [5.41, 5.74) is -11.2. The van der Waals surface area contributed by atoms with Gasteiger partial charge in [-0.15, -0.1) is 0 Å². The fourth-order valence-electron chi connectivity index (χ4n) is 5.46. The largest absolute Gasteiger partial charge is 0.456 e. The number of hydrogen-bond donors (Lipinski definition) is 0. The third-order valence-electron chi connectivity index (χ3n) is 6.88. The molecule has 0 radical (unpaired) electrons. The molecule has 0 amide bonds. The van der Waals surface area contributed by atoms with Crippen LogP contribution in [0.2, 0.25) is 0 Å². The highest BCUT2D eigenvalue weighted by Gasteiger charge is 2.77. The summed E-state index contributed by atoms with van der Waals surface area (Å²) < 4.78 is 101. The van der Waals surface area contributed by atoms with Gasteiger partial charge in [0.15, 0.2) is 5.60 Å². The van der Waals surface area contributed by atoms with Crippen molar-refractivity contribution >= 4 is 43.8 Å². The number of carbonyl (C=O) groups excluding carboxylic acids is 2. The molecule has 0 saturated heterocycles. The maximum absolute atomic E-state index is 15.0. The molecule has 0 saturated carbocycles. The van der Waals surface area contributed by atoms with Crippen LogP contribution in [0.5, 0.6) is 0 Å². The minimum Gasteiger partial charge on any atom is -0.456 e. The first kappa shape index (κ1) is 28.7. The number of rotatable bonds is 1. The number of ether oxygens (including phenoxy) is 2. The molecule has 0 aromatic heterocycles. The van der Waals surface area contributed by atoms with E-state index >= 15 is 0 Å². The maximum atomic E-state index is 15.0. The normalized spacial score (nSPS) is 17.1. The van der Waals surface area contributed by atoms with Crippen LogP contribution in [-0.2, 0) is 20.5 Å². The summed E-state index contributed by atoms with van der Waals surface area (Å²) >= 11 is 6.03. The van der Waals surface area contributed by atoms with Crippen LogP contribution in [0.15, 0.2) is 63.5 Å². The number of esters is 2. The van der Waals surface area contributed by atoms with Crippen molar-refractivity contribution in [2.75, 3.05) is 0 Å². The molecular formula is C28H18Br2F6O4. The van der Waals surface area contributed by atoms with Crippen molar-refractivity contribution < 1.29 is 45.4 Å². The van der Waals surface area contributed by atoms with Crippen molar-refractivity contribution in [1.29, 1.82) is 0 Å². The van der Waals surface area contributed by atoms with E-state index in [2.05, 4.69) is 31.9 Å². The average molecular weight is 692 g/mol. The van der Waals surface area contributed by atoms with Crippen LogP contribution in [0, 0.1) is 0 Å². The lowest BCUT2D eigenvalue weighted by Crippen LogP contribution is -2.59. The Kier molecular flexibility index (Phi) is 6.32. The smallest absolute Gasteiger partial charge is 0.411 e. The fourth-order valence-corrected chi connectivity index (χ4v) is 6.18. The van der Waals surface area contributed by atoms with Crippen LogP contribution in [0.3, 0.4) is 0 Å². The Morgan fingerprint density at radius 2 is 1.25 bits per heavy atom. The summed E-state index contributed by atoms with van der Waals surface area (Å²) in [6, 6.07) is 9.92. The molecule has 0 bridgehead atoms. The molecule has 0 atom stereocenters. The maximum Gasteiger partial charge on any atom is 0.411 e. The molecule has 1 aliphatic carbocycles. The standard InChI is InChI=1S/C28H18Br2F6O4/c1-24(2,3)39-22(37)13-4-7-16-19(10-13)25(40-23(16)38)17-8-5-14(29)11-20(17)26(27(31,32)33,28(34,35)36)21-12-15(30)6-9-18(21)25/h4-12H,1-3H3. The highest BCUT2D eigenvalue weighted by atomic mass is 79.9. The zero-order chi connectivity index (χ0) is 29.6. The monoisotopic (exact) mass is 690 g/mol. The lowest BCUT2D eigenvalue weighted by atomic mass is 9.59. The number of benzene rings is 3. The van der Waals surface area contributed by atoms with Gasteiger partial charge in [0.1, 0.15) is 5.60 Å². The van der Waals surface area contributed by atoms with E-state index in [-0.39, 0.29) is 25.6 Å². The van der Waals surface area contributed by atoms with Crippen molar-refractivity contribution in [3.8, 4) is 0 Å². The summed E-state index contributed by atoms with van der Waals surface area (Å²) in [4.78, 5) is 26.1. The van der Waals surface area contributed by atoms with Gasteiger partial charge in [0.05, 0.1) is 11.1 Å². The number of hydrogen-bond acceptors (Lipinski definition) is 4. The second-order valence-electron chi connectivity index (χ2n) is 10.5. The van der Waals surface area contributed by atoms with Gasteiger partial charge in [-0.1, -0.05) is 44.0 Å². The first-order chi connectivity index (χ1) is 18.3. The molecule has 4 nitrogen and oxygen atoms in total. The molecule has 0 fully saturated rings. The van der Waals surface area contributed by atoms with Crippen LogP contribution in [0.25, 0.3) is 0 Å². The van der Waals surface area contributed by atoms with Gasteiger partial charge in [-0.25, -0.2) is 9.59 Å². The highest BCUT2D eigenvalue weighted by Crippen LogP contribution is 2.65. The van der Waals surface area contributed by atoms with Crippen molar-refractivity contribution in [2.45, 2.75) is 49.7 Å². The van der Waals surface area contributed by atoms with Crippen LogP contribution in [0.1, 0.15) is 69.3 Å². The molecule has 1 spiro atoms. The van der Waals surface area contributed by atoms with E-state index in [4.69, 9.17) is 9.47 Å². The quantitative estimate of drug-likeness (QED) is 0.190. The summed E-state index contributed by atoms with van der Waals surface area (Å²) in [6.07, 6.45) is -11.7. The lowest BCUT2D eigenvalue weighted by Gasteiger charge is -2.48. The van der Waals surface area contributed by atoms with Gasteiger partial charge in [-0.3, -0.25) is 0 Å². The molecular weight excluding hydrogens is 674 g/mol. The topological polar surface area (TPSA) is 52.6 Å². The summed E-state index contributed by atoms with van der Waals surface area (Å²) in [6.45, 7) is 4.89. The molecule has 0 unspecified atom stereocenters. The summed E-state index contributed by atoms with van der Waals surface area (Å²) in [5, 5.41) is 0. The predicted molar refractivity (Wildman–Crippen MR) is 138 cm³/mol. The number of fused-ring (bicyclic) bond motifs is 6. The highest BCUT2D eigenvalue weighted by molar-refractivity contribution is 9.10. The number of halogens is 8. The molecule has 3 aromatic carbocycles. The molecule has 0 N–H and O–H groups in total. The van der Waals surface area contributed by atoms with E-state index in [1.54, 1.807) is 20.8 Å². The van der Waals surface area contributed by atoms with Crippen molar-refractivity contribution in [2.24, 2.45) is 0 Å². The van der Waals surface area contributed by atoms with Gasteiger partial charge >= 0.3 is 24.3 Å². The van der Waals surface area contributed by atoms with Gasteiger partial charge in [0.25, 0.3) is 0 Å². The number of alkyl halides is 6. The zero-order valence-electron chi connectivity index (χ0n) is 20.9. The Morgan fingerprint density at radius 1 is 0.750 bits per heavy atom. The van der Waals surface area contributed by atoms with Crippen LogP contribution >= 0.6 is 31.9 Å². The minimum atomic E-state index is -5.86. The van der Waals surface area contributed by atoms with Crippen LogP contribution in [-0.4, -0.2) is 29.9 Å². The first-order valence-corrected chi connectivity index (χ1v) is 13.3. The third kappa shape index (κ3) is 3.93. The molecule has 2 aliphatic rings. The second-order valence-corrected chi connectivity index (χ2v) is 12.3. The predicted octanol–water partition coefficient (Wildman–Crippen LogP) is 8.35. The van der Waals surface area contributed by atoms with E-state index < -0.39 is 63.2 Å². The number of carbonyl (C=O) groups is 2. The average Bonchev–Trinajstić information content (AvgIpc) is 3.08. The summed E-state index contributed by atoms with van der Waals surface area (Å²) in [5.74, 6) is -1.77. The minimum absolute atomic E-state index is 0.0511. The van der Waals surface area contributed by atoms with Gasteiger partial charge in [0.2, 0.25) is 5.41 Å². The van der Waals surface area contributed by atoms with Crippen molar-refractivity contribution in [1.82, 2.24) is 0 Å². The Morgan fingerprint density at radius 3 is 1.70 bits per heavy atom. The van der Waals surface area contributed by atoms with E-state index in [1.807, 2.05) is 0 Å². The SMILES string of the molecule is CC(C)(C)OC(=O)c1ccc2c(c1)C1(OC2=O)c2ccc(Br)cc2C(C(F)(F)F)(C(F)(F)F)c2cc(Br)ccc21. The first-order valence-electron chi connectivity index (χ1n) is 11.7. The second kappa shape index (κ2) is 8.82. The van der Waals surface area contributed by atoms with Crippen molar-refractivity contribution in [3.63, 3.8) is 0 Å². The molecule has 210 valence electrons. The van der Waals surface area contributed by atoms with Gasteiger partial charge in [-0.2, -0.15) is 26.3 Å². The Bertz CT molecular complexity index is 1520. The lowest BCUT2D eigenvalue weighted by molar-refractivity contribution is -0.290. The van der Waals surface area contributed by atoms with Crippen LogP contribution < -0.4 is 0 Å². The van der Waals surface area contributed by atoms with Crippen molar-refractivity contribution in [3.05, 3.63) is 102 Å². The molecule has 12 heteroatoms. The third-order valence-corrected chi connectivity index (χ3v) is 7.87. The van der Waals surface area contributed by atoms with Gasteiger partial charge in [0, 0.05) is 25.6 Å². The Hall–Kier alpha value is -2.86. The molecule has 1 aliphatic heterocycles. The molecule has 1 heterocycles. The molecule has 40 heavy (non-hydrogen) atoms. The van der Waals surface area contributed by atoms with E-state index in [0.717, 1.165) is 24.3 Å². The Labute approximate surface area is 240 Å². The van der Waals surface area contributed by atoms with Gasteiger partial charge in [-0.05, 0) is 74.4 Å². The van der Waals surface area contributed by atoms with E-state index in [1.165, 1.54) is 30.3 Å². The fraction of sp³-hybridized carbons (Fsp3) is 0.286. The Balaban J connectivity index is 1.94. The molecule has 5 rings (SSSR count). The summed E-state index contributed by atoms with van der Waals surface area (Å²) in [7, 11) is 0. The van der Waals surface area contributed by atoms with Gasteiger partial charge < -0.3 is 9.47 Å². The van der Waals surface area contributed by atoms with Crippen LogP contribution in [0.4, 0.5) is 26.3 Å². The van der Waals surface area contributed by atoms with E-state index in [9.17, 15) is 35.9 Å². The molecule has 3 aromatic rings.